The summed E-state index contributed by atoms with van der Waals surface area (Å²) >= 11 is 0. The van der Waals surface area contributed by atoms with Crippen molar-refractivity contribution in [3.8, 4) is 55.6 Å². The Morgan fingerprint density at radius 1 is 0.187 bits per heavy atom. The van der Waals surface area contributed by atoms with Crippen LogP contribution in [0, 0.1) is 0 Å². The summed E-state index contributed by atoms with van der Waals surface area (Å²) < 4.78 is 0. The van der Waals surface area contributed by atoms with Gasteiger partial charge in [0.1, 0.15) is 0 Å². The van der Waals surface area contributed by atoms with E-state index in [1.807, 2.05) is 0 Å². The summed E-state index contributed by atoms with van der Waals surface area (Å²) in [5.74, 6) is 0. The Hall–Kier alpha value is -9.76. The Kier molecular flexibility index (Phi) is 11.8. The predicted molar refractivity (Wildman–Crippen MR) is 315 cm³/mol. The second-order valence-electron chi connectivity index (χ2n) is 19.2. The molecule has 0 aromatic heterocycles. The van der Waals surface area contributed by atoms with E-state index in [9.17, 15) is 0 Å². The van der Waals surface area contributed by atoms with Crippen molar-refractivity contribution in [2.45, 2.75) is 5.41 Å². The average molecular weight is 957 g/mol. The van der Waals surface area contributed by atoms with Crippen LogP contribution in [0.1, 0.15) is 22.3 Å². The van der Waals surface area contributed by atoms with Crippen LogP contribution >= 0.6 is 0 Å². The lowest BCUT2D eigenvalue weighted by Gasteiger charge is -2.34. The van der Waals surface area contributed by atoms with Crippen molar-refractivity contribution in [1.29, 1.82) is 0 Å². The molecule has 0 unspecified atom stereocenters. The van der Waals surface area contributed by atoms with Crippen LogP contribution in [-0.4, -0.2) is 0 Å². The molecule has 0 radical (unpaired) electrons. The fourth-order valence-electron chi connectivity index (χ4n) is 11.6. The van der Waals surface area contributed by atoms with Crippen LogP contribution in [0.4, 0.5) is 34.1 Å². The lowest BCUT2D eigenvalue weighted by Crippen LogP contribution is -2.28. The van der Waals surface area contributed by atoms with E-state index in [1.165, 1.54) is 66.8 Å². The first kappa shape index (κ1) is 45.1. The summed E-state index contributed by atoms with van der Waals surface area (Å²) in [6.07, 6.45) is 0. The van der Waals surface area contributed by atoms with Crippen molar-refractivity contribution < 1.29 is 0 Å². The number of hydrogen-bond acceptors (Lipinski definition) is 2. The van der Waals surface area contributed by atoms with Gasteiger partial charge in [0, 0.05) is 34.1 Å². The Balaban J connectivity index is 0.934. The van der Waals surface area contributed by atoms with Crippen molar-refractivity contribution in [1.82, 2.24) is 0 Å². The van der Waals surface area contributed by atoms with E-state index in [0.717, 1.165) is 45.3 Å². The molecule has 0 atom stereocenters. The standard InChI is InChI=1S/C73H52N2/c1-8-24-53(25-9-1)66-52-69(67(54-26-10-2-11-27-54)51-68(66)55-40-44-62(45-41-55)74(59-32-16-5-17-33-59)60-34-18-6-19-35-60)56-42-46-63(47-43-56)75(61-36-20-7-21-37-61)64-48-49-72-70(50-64)65-38-22-23-39-71(65)73(72,57-28-12-3-13-29-57)58-30-14-4-15-31-58/h1-52H. The highest BCUT2D eigenvalue weighted by atomic mass is 15.1. The zero-order valence-electron chi connectivity index (χ0n) is 41.4. The average Bonchev–Trinajstić information content (AvgIpc) is 3.86. The molecule has 1 aliphatic rings. The lowest BCUT2D eigenvalue weighted by atomic mass is 9.68. The van der Waals surface area contributed by atoms with Crippen LogP contribution in [0.2, 0.25) is 0 Å². The highest BCUT2D eigenvalue weighted by molar-refractivity contribution is 5.96. The maximum atomic E-state index is 2.41. The minimum Gasteiger partial charge on any atom is -0.311 e. The molecular formula is C73H52N2. The second-order valence-corrected chi connectivity index (χ2v) is 19.2. The SMILES string of the molecule is c1ccc(-c2cc(-c3ccc(N(c4ccccc4)c4ccc5c(c4)-c4ccccc4C5(c4ccccc4)c4ccccc4)cc3)c(-c3ccccc3)cc2-c2ccc(N(c3ccccc3)c3ccccc3)cc2)cc1. The normalized spacial score (nSPS) is 12.1. The molecule has 0 amide bonds. The quantitative estimate of drug-likeness (QED) is 0.120. The van der Waals surface area contributed by atoms with Crippen molar-refractivity contribution in [3.05, 3.63) is 338 Å². The molecule has 2 heteroatoms. The fourth-order valence-corrected chi connectivity index (χ4v) is 11.6. The summed E-state index contributed by atoms with van der Waals surface area (Å²) in [5, 5.41) is 0. The van der Waals surface area contributed by atoms with Gasteiger partial charge in [0.05, 0.1) is 5.41 Å². The van der Waals surface area contributed by atoms with Gasteiger partial charge in [-0.15, -0.1) is 0 Å². The molecule has 75 heavy (non-hydrogen) atoms. The third kappa shape index (κ3) is 8.20. The van der Waals surface area contributed by atoms with Gasteiger partial charge in [-0.1, -0.05) is 231 Å². The van der Waals surface area contributed by atoms with Gasteiger partial charge in [0.2, 0.25) is 0 Å². The topological polar surface area (TPSA) is 6.48 Å². The Morgan fingerprint density at radius 2 is 0.480 bits per heavy atom. The minimum atomic E-state index is -0.466. The molecule has 12 aromatic rings. The zero-order valence-corrected chi connectivity index (χ0v) is 41.4. The van der Waals surface area contributed by atoms with Gasteiger partial charge in [0.15, 0.2) is 0 Å². The molecule has 0 spiro atoms. The van der Waals surface area contributed by atoms with Crippen LogP contribution in [0.15, 0.2) is 315 Å². The van der Waals surface area contributed by atoms with E-state index in [4.69, 9.17) is 0 Å². The summed E-state index contributed by atoms with van der Waals surface area (Å²) in [4.78, 5) is 4.71. The van der Waals surface area contributed by atoms with E-state index in [1.54, 1.807) is 0 Å². The molecule has 13 rings (SSSR count). The molecule has 0 bridgehead atoms. The Labute approximate surface area is 440 Å². The number of benzene rings is 12. The first-order valence-electron chi connectivity index (χ1n) is 25.8. The van der Waals surface area contributed by atoms with Crippen molar-refractivity contribution in [3.63, 3.8) is 0 Å². The summed E-state index contributed by atoms with van der Waals surface area (Å²) in [5.41, 5.74) is 23.1. The zero-order chi connectivity index (χ0) is 50.0. The molecule has 0 saturated heterocycles. The third-order valence-electron chi connectivity index (χ3n) is 14.9. The summed E-state index contributed by atoms with van der Waals surface area (Å²) in [6.45, 7) is 0. The third-order valence-corrected chi connectivity index (χ3v) is 14.9. The molecular weight excluding hydrogens is 905 g/mol. The van der Waals surface area contributed by atoms with Crippen LogP contribution < -0.4 is 9.80 Å². The van der Waals surface area contributed by atoms with Gasteiger partial charge >= 0.3 is 0 Å². The highest BCUT2D eigenvalue weighted by Gasteiger charge is 2.46. The number of rotatable bonds is 12. The largest absolute Gasteiger partial charge is 0.311 e. The van der Waals surface area contributed by atoms with E-state index >= 15 is 0 Å². The number of para-hydroxylation sites is 3. The number of fused-ring (bicyclic) bond motifs is 3. The number of anilines is 6. The number of hydrogen-bond donors (Lipinski definition) is 0. The Bertz CT molecular complexity index is 3800. The van der Waals surface area contributed by atoms with E-state index in [0.29, 0.717) is 0 Å². The molecule has 0 heterocycles. The van der Waals surface area contributed by atoms with Crippen molar-refractivity contribution in [2.75, 3.05) is 9.80 Å². The maximum absolute atomic E-state index is 2.41. The van der Waals surface area contributed by atoms with Crippen LogP contribution in [0.3, 0.4) is 0 Å². The molecule has 0 saturated carbocycles. The monoisotopic (exact) mass is 956 g/mol. The van der Waals surface area contributed by atoms with Crippen LogP contribution in [0.25, 0.3) is 55.6 Å². The highest BCUT2D eigenvalue weighted by Crippen LogP contribution is 2.57. The van der Waals surface area contributed by atoms with Gasteiger partial charge in [-0.05, 0) is 163 Å². The molecule has 0 aliphatic heterocycles. The fraction of sp³-hybridized carbons (Fsp3) is 0.0137. The molecule has 0 N–H and O–H groups in total. The van der Waals surface area contributed by atoms with Crippen molar-refractivity contribution in [2.24, 2.45) is 0 Å². The molecule has 12 aromatic carbocycles. The second kappa shape index (κ2) is 19.7. The van der Waals surface area contributed by atoms with Gasteiger partial charge < -0.3 is 9.80 Å². The van der Waals surface area contributed by atoms with Gasteiger partial charge in [-0.2, -0.15) is 0 Å². The van der Waals surface area contributed by atoms with Gasteiger partial charge in [-0.25, -0.2) is 0 Å². The van der Waals surface area contributed by atoms with E-state index in [2.05, 4.69) is 325 Å². The lowest BCUT2D eigenvalue weighted by molar-refractivity contribution is 0.768. The first-order valence-corrected chi connectivity index (χ1v) is 25.8. The van der Waals surface area contributed by atoms with Crippen LogP contribution in [-0.2, 0) is 5.41 Å². The minimum absolute atomic E-state index is 0.466. The van der Waals surface area contributed by atoms with Crippen molar-refractivity contribution >= 4 is 34.1 Å². The Morgan fingerprint density at radius 3 is 0.893 bits per heavy atom. The van der Waals surface area contributed by atoms with Gasteiger partial charge in [0.25, 0.3) is 0 Å². The summed E-state index contributed by atoms with van der Waals surface area (Å²) in [6, 6.07) is 115. The number of nitrogens with zero attached hydrogens (tertiary/aromatic N) is 2. The first-order chi connectivity index (χ1) is 37.2. The van der Waals surface area contributed by atoms with E-state index < -0.39 is 5.41 Å². The molecule has 2 nitrogen and oxygen atoms in total. The molecule has 0 fully saturated rings. The smallest absolute Gasteiger partial charge is 0.0713 e. The molecule has 354 valence electrons. The van der Waals surface area contributed by atoms with Crippen LogP contribution in [0.5, 0.6) is 0 Å². The summed E-state index contributed by atoms with van der Waals surface area (Å²) in [7, 11) is 0. The van der Waals surface area contributed by atoms with E-state index in [-0.39, 0.29) is 0 Å². The maximum Gasteiger partial charge on any atom is 0.0713 e. The predicted octanol–water partition coefficient (Wildman–Crippen LogP) is 19.7. The molecule has 1 aliphatic carbocycles. The van der Waals surface area contributed by atoms with Gasteiger partial charge in [-0.3, -0.25) is 0 Å².